The third kappa shape index (κ3) is 2.64. The monoisotopic (exact) mass is 327 g/mol. The van der Waals surface area contributed by atoms with Gasteiger partial charge in [-0.2, -0.15) is 5.10 Å². The Balaban J connectivity index is 2.73. The van der Waals surface area contributed by atoms with Crippen molar-refractivity contribution >= 4 is 17.6 Å². The summed E-state index contributed by atoms with van der Waals surface area (Å²) in [5, 5.41) is 4.01. The SMILES string of the molecule is COC(=O)c1cc(-n2c(C)nn(C(C)C)c2=O)c(F)cc1Cl. The van der Waals surface area contributed by atoms with Gasteiger partial charge in [0.25, 0.3) is 0 Å². The molecule has 118 valence electrons. The maximum absolute atomic E-state index is 14.2. The van der Waals surface area contributed by atoms with Gasteiger partial charge >= 0.3 is 11.7 Å². The molecule has 0 N–H and O–H groups in total. The zero-order valence-electron chi connectivity index (χ0n) is 12.6. The summed E-state index contributed by atoms with van der Waals surface area (Å²) < 4.78 is 21.2. The van der Waals surface area contributed by atoms with E-state index in [4.69, 9.17) is 11.6 Å². The first-order valence-corrected chi connectivity index (χ1v) is 6.91. The van der Waals surface area contributed by atoms with E-state index in [2.05, 4.69) is 9.84 Å². The Morgan fingerprint density at radius 2 is 2.05 bits per heavy atom. The average molecular weight is 328 g/mol. The van der Waals surface area contributed by atoms with Crippen LogP contribution in [-0.2, 0) is 4.74 Å². The first kappa shape index (κ1) is 16.2. The third-order valence-corrected chi connectivity index (χ3v) is 3.45. The Bertz CT molecular complexity index is 795. The smallest absolute Gasteiger partial charge is 0.350 e. The molecule has 0 unspecified atom stereocenters. The van der Waals surface area contributed by atoms with Crippen molar-refractivity contribution in [1.82, 2.24) is 14.3 Å². The summed E-state index contributed by atoms with van der Waals surface area (Å²) >= 11 is 5.85. The van der Waals surface area contributed by atoms with Crippen molar-refractivity contribution in [3.8, 4) is 5.69 Å². The van der Waals surface area contributed by atoms with E-state index in [1.807, 2.05) is 0 Å². The molecule has 0 amide bonds. The number of rotatable bonds is 3. The van der Waals surface area contributed by atoms with Gasteiger partial charge in [-0.15, -0.1) is 0 Å². The molecule has 2 rings (SSSR count). The van der Waals surface area contributed by atoms with Gasteiger partial charge in [0.1, 0.15) is 11.6 Å². The Morgan fingerprint density at radius 1 is 1.41 bits per heavy atom. The topological polar surface area (TPSA) is 66.1 Å². The molecule has 0 bridgehead atoms. The molecule has 0 aliphatic carbocycles. The van der Waals surface area contributed by atoms with E-state index in [1.54, 1.807) is 20.8 Å². The lowest BCUT2D eigenvalue weighted by Crippen LogP contribution is -2.26. The van der Waals surface area contributed by atoms with E-state index in [0.29, 0.717) is 5.82 Å². The highest BCUT2D eigenvalue weighted by Gasteiger charge is 2.21. The molecule has 8 heteroatoms. The van der Waals surface area contributed by atoms with Crippen molar-refractivity contribution < 1.29 is 13.9 Å². The fourth-order valence-electron chi connectivity index (χ4n) is 2.07. The van der Waals surface area contributed by atoms with Crippen LogP contribution in [0.1, 0.15) is 36.1 Å². The van der Waals surface area contributed by atoms with Crippen LogP contribution in [-0.4, -0.2) is 27.4 Å². The molecule has 1 aromatic heterocycles. The number of hydrogen-bond donors (Lipinski definition) is 0. The minimum Gasteiger partial charge on any atom is -0.465 e. The molecule has 0 spiro atoms. The summed E-state index contributed by atoms with van der Waals surface area (Å²) in [6, 6.07) is 1.98. The molecule has 1 aromatic carbocycles. The Hall–Kier alpha value is -2.15. The maximum atomic E-state index is 14.2. The lowest BCUT2D eigenvalue weighted by molar-refractivity contribution is 0.0601. The van der Waals surface area contributed by atoms with Gasteiger partial charge in [-0.3, -0.25) is 0 Å². The number of aromatic nitrogens is 3. The molecule has 0 saturated heterocycles. The molecule has 22 heavy (non-hydrogen) atoms. The first-order chi connectivity index (χ1) is 10.3. The Kier molecular flexibility index (Phi) is 4.37. The normalized spacial score (nSPS) is 11.0. The number of benzene rings is 1. The van der Waals surface area contributed by atoms with Gasteiger partial charge in [0.05, 0.1) is 29.4 Å². The molecule has 0 radical (unpaired) electrons. The fourth-order valence-corrected chi connectivity index (χ4v) is 2.30. The molecule has 0 aliphatic rings. The highest BCUT2D eigenvalue weighted by Crippen LogP contribution is 2.24. The Labute approximate surface area is 131 Å². The molecular formula is C14H15ClFN3O3. The van der Waals surface area contributed by atoms with Crippen LogP contribution in [0.2, 0.25) is 5.02 Å². The Morgan fingerprint density at radius 3 is 2.55 bits per heavy atom. The van der Waals surface area contributed by atoms with Gasteiger partial charge < -0.3 is 4.74 Å². The number of nitrogens with zero attached hydrogens (tertiary/aromatic N) is 3. The van der Waals surface area contributed by atoms with Crippen molar-refractivity contribution in [1.29, 1.82) is 0 Å². The van der Waals surface area contributed by atoms with Gasteiger partial charge in [-0.1, -0.05) is 11.6 Å². The number of ether oxygens (including phenoxy) is 1. The first-order valence-electron chi connectivity index (χ1n) is 6.53. The lowest BCUT2D eigenvalue weighted by Gasteiger charge is -2.09. The second-order valence-electron chi connectivity index (χ2n) is 4.98. The summed E-state index contributed by atoms with van der Waals surface area (Å²) in [5.41, 5.74) is -0.618. The van der Waals surface area contributed by atoms with Crippen molar-refractivity contribution in [2.75, 3.05) is 7.11 Å². The fraction of sp³-hybridized carbons (Fsp3) is 0.357. The second kappa shape index (κ2) is 5.92. The minimum absolute atomic E-state index is 0.0239. The van der Waals surface area contributed by atoms with Crippen LogP contribution >= 0.6 is 11.6 Å². The minimum atomic E-state index is -0.730. The van der Waals surface area contributed by atoms with Crippen LogP contribution in [0.5, 0.6) is 0 Å². The standard InChI is InChI=1S/C14H15ClFN3O3/c1-7(2)19-14(21)18(8(3)17-19)12-5-9(13(20)22-4)10(15)6-11(12)16/h5-7H,1-4H3. The zero-order valence-corrected chi connectivity index (χ0v) is 13.3. The number of carbonyl (C=O) groups is 1. The molecule has 0 saturated carbocycles. The number of methoxy groups -OCH3 is 1. The van der Waals surface area contributed by atoms with Crippen LogP contribution in [0, 0.1) is 12.7 Å². The summed E-state index contributed by atoms with van der Waals surface area (Å²) in [5.74, 6) is -1.14. The van der Waals surface area contributed by atoms with E-state index in [0.717, 1.165) is 10.6 Å². The molecular weight excluding hydrogens is 313 g/mol. The van der Waals surface area contributed by atoms with Gasteiger partial charge in [0.2, 0.25) is 0 Å². The average Bonchev–Trinajstić information content (AvgIpc) is 2.74. The number of hydrogen-bond acceptors (Lipinski definition) is 4. The molecule has 2 aromatic rings. The molecule has 0 aliphatic heterocycles. The second-order valence-corrected chi connectivity index (χ2v) is 5.39. The molecule has 0 fully saturated rings. The quantitative estimate of drug-likeness (QED) is 0.812. The highest BCUT2D eigenvalue weighted by atomic mass is 35.5. The third-order valence-electron chi connectivity index (χ3n) is 3.14. The lowest BCUT2D eigenvalue weighted by atomic mass is 10.2. The van der Waals surface area contributed by atoms with Gasteiger partial charge in [0.15, 0.2) is 0 Å². The summed E-state index contributed by atoms with van der Waals surface area (Å²) in [6.45, 7) is 5.15. The van der Waals surface area contributed by atoms with Crippen LogP contribution in [0.3, 0.4) is 0 Å². The van der Waals surface area contributed by atoms with Gasteiger partial charge in [-0.25, -0.2) is 23.2 Å². The van der Waals surface area contributed by atoms with Crippen molar-refractivity contribution in [3.63, 3.8) is 0 Å². The highest BCUT2D eigenvalue weighted by molar-refractivity contribution is 6.33. The van der Waals surface area contributed by atoms with Crippen LogP contribution in [0.4, 0.5) is 4.39 Å². The number of halogens is 2. The predicted molar refractivity (Wildman–Crippen MR) is 79.3 cm³/mol. The number of carbonyl (C=O) groups excluding carboxylic acids is 1. The van der Waals surface area contributed by atoms with Crippen LogP contribution in [0.15, 0.2) is 16.9 Å². The van der Waals surface area contributed by atoms with E-state index >= 15 is 0 Å². The summed E-state index contributed by atoms with van der Waals surface area (Å²) in [4.78, 5) is 24.0. The molecule has 6 nitrogen and oxygen atoms in total. The van der Waals surface area contributed by atoms with Gasteiger partial charge in [-0.05, 0) is 32.9 Å². The number of esters is 1. The predicted octanol–water partition coefficient (Wildman–Crippen LogP) is 2.50. The zero-order chi connectivity index (χ0) is 16.6. The van der Waals surface area contributed by atoms with Crippen LogP contribution < -0.4 is 5.69 Å². The summed E-state index contributed by atoms with van der Waals surface area (Å²) in [7, 11) is 1.19. The maximum Gasteiger partial charge on any atom is 0.350 e. The summed E-state index contributed by atoms with van der Waals surface area (Å²) in [6.07, 6.45) is 0. The molecule has 0 atom stereocenters. The largest absolute Gasteiger partial charge is 0.465 e. The van der Waals surface area contributed by atoms with Crippen LogP contribution in [0.25, 0.3) is 5.69 Å². The van der Waals surface area contributed by atoms with Crippen molar-refractivity contribution in [2.24, 2.45) is 0 Å². The van der Waals surface area contributed by atoms with E-state index < -0.39 is 17.5 Å². The molecule has 1 heterocycles. The van der Waals surface area contributed by atoms with E-state index in [1.165, 1.54) is 17.9 Å². The van der Waals surface area contributed by atoms with Gasteiger partial charge in [0, 0.05) is 0 Å². The van der Waals surface area contributed by atoms with Crippen molar-refractivity contribution in [2.45, 2.75) is 26.8 Å². The number of aryl methyl sites for hydroxylation is 1. The van der Waals surface area contributed by atoms with E-state index in [-0.39, 0.29) is 22.3 Å². The van der Waals surface area contributed by atoms with E-state index in [9.17, 15) is 14.0 Å². The van der Waals surface area contributed by atoms with Crippen molar-refractivity contribution in [3.05, 3.63) is 44.8 Å².